The van der Waals surface area contributed by atoms with Crippen molar-refractivity contribution in [2.24, 2.45) is 0 Å². The number of aromatic amines is 2. The maximum atomic E-state index is 4.96. The maximum absolute atomic E-state index is 4.96. The Kier molecular flexibility index (Phi) is 5.62. The number of rotatable bonds is 0. The molecular formula is C31H24N4. The van der Waals surface area contributed by atoms with Gasteiger partial charge in [-0.1, -0.05) is 17.8 Å². The van der Waals surface area contributed by atoms with Crippen molar-refractivity contribution in [1.29, 1.82) is 0 Å². The second-order valence-corrected chi connectivity index (χ2v) is 8.35. The van der Waals surface area contributed by atoms with Crippen LogP contribution in [0.2, 0.25) is 0 Å². The fraction of sp³-hybridized carbons (Fsp3) is 0.161. The van der Waals surface area contributed by atoms with E-state index in [-0.39, 0.29) is 0 Å². The lowest BCUT2D eigenvalue weighted by molar-refractivity contribution is 1.26. The normalized spacial score (nSPS) is 11.5. The number of fused-ring (bicyclic) bond motifs is 8. The Balaban J connectivity index is 2.00. The molecule has 4 heteroatoms. The van der Waals surface area contributed by atoms with Gasteiger partial charge in [0.05, 0.1) is 50.5 Å². The number of aryl methyl sites for hydroxylation is 2. The van der Waals surface area contributed by atoms with E-state index in [1.54, 1.807) is 0 Å². The molecule has 5 heterocycles. The number of H-pyrrole nitrogens is 2. The molecule has 35 heavy (non-hydrogen) atoms. The van der Waals surface area contributed by atoms with Gasteiger partial charge in [0.15, 0.2) is 0 Å². The maximum Gasteiger partial charge on any atom is 0.0815 e. The molecule has 2 aliphatic rings. The number of nitrogens with one attached hydrogen (secondary N) is 2. The first-order valence-corrected chi connectivity index (χ1v) is 11.4. The van der Waals surface area contributed by atoms with E-state index in [0.717, 1.165) is 72.7 Å². The van der Waals surface area contributed by atoms with E-state index in [1.807, 2.05) is 45.1 Å². The van der Waals surface area contributed by atoms with Gasteiger partial charge in [-0.25, -0.2) is 9.97 Å². The zero-order valence-electron chi connectivity index (χ0n) is 20.4. The molecule has 168 valence electrons. The van der Waals surface area contributed by atoms with E-state index >= 15 is 0 Å². The molecule has 3 aromatic heterocycles. The molecule has 2 aliphatic heterocycles. The molecule has 2 N–H and O–H groups in total. The summed E-state index contributed by atoms with van der Waals surface area (Å²) in [5.74, 6) is 18.8. The molecule has 0 unspecified atom stereocenters. The standard InChI is InChI=1S/C31H24N4/c1-6-9-21-16-28-19(4)24-12-14-26(32-24)23(11-8-3)27-15-13-25(33-27)20(5)29-17-22(10-7-2)31(35-29)18-30(21)34-28/h12-18,32,35H,1-5H3. The van der Waals surface area contributed by atoms with Crippen LogP contribution in [-0.4, -0.2) is 19.9 Å². The third-order valence-corrected chi connectivity index (χ3v) is 6.12. The average molecular weight is 453 g/mol. The largest absolute Gasteiger partial charge is 0.354 e. The van der Waals surface area contributed by atoms with Gasteiger partial charge >= 0.3 is 0 Å². The van der Waals surface area contributed by atoms with Gasteiger partial charge in [-0.05, 0) is 88.2 Å². The second-order valence-electron chi connectivity index (χ2n) is 8.35. The van der Waals surface area contributed by atoms with E-state index in [2.05, 4.69) is 77.5 Å². The van der Waals surface area contributed by atoms with Crippen molar-refractivity contribution in [3.05, 3.63) is 69.3 Å². The summed E-state index contributed by atoms with van der Waals surface area (Å²) < 4.78 is 0. The third-order valence-electron chi connectivity index (χ3n) is 6.12. The molecule has 0 radical (unpaired) electrons. The predicted octanol–water partition coefficient (Wildman–Crippen LogP) is 6.41. The van der Waals surface area contributed by atoms with Crippen LogP contribution in [0.25, 0.3) is 45.9 Å². The lowest BCUT2D eigenvalue weighted by Gasteiger charge is -1.96. The van der Waals surface area contributed by atoms with Gasteiger partial charge in [0.25, 0.3) is 0 Å². The Labute approximate surface area is 205 Å². The first-order valence-electron chi connectivity index (χ1n) is 11.4. The molecule has 5 rings (SSSR count). The number of hydrogen-bond acceptors (Lipinski definition) is 2. The minimum atomic E-state index is 0.815. The van der Waals surface area contributed by atoms with Crippen LogP contribution in [0, 0.1) is 49.4 Å². The monoisotopic (exact) mass is 452 g/mol. The van der Waals surface area contributed by atoms with Crippen molar-refractivity contribution in [3.63, 3.8) is 0 Å². The van der Waals surface area contributed by atoms with Gasteiger partial charge in [-0.3, -0.25) is 0 Å². The van der Waals surface area contributed by atoms with Crippen LogP contribution < -0.4 is 0 Å². The second kappa shape index (κ2) is 8.90. The Hall–Kier alpha value is -4.72. The van der Waals surface area contributed by atoms with Crippen molar-refractivity contribution in [2.75, 3.05) is 0 Å². The lowest BCUT2D eigenvalue weighted by atomic mass is 10.1. The van der Waals surface area contributed by atoms with Crippen LogP contribution in [0.3, 0.4) is 0 Å². The van der Waals surface area contributed by atoms with E-state index in [4.69, 9.17) is 9.97 Å². The van der Waals surface area contributed by atoms with E-state index in [0.29, 0.717) is 0 Å². The zero-order chi connectivity index (χ0) is 24.5. The Morgan fingerprint density at radius 3 is 2.11 bits per heavy atom. The highest BCUT2D eigenvalue weighted by atomic mass is 14.8. The average Bonchev–Trinajstić information content (AvgIpc) is 3.64. The Bertz CT molecular complexity index is 1800. The van der Waals surface area contributed by atoms with Crippen LogP contribution in [0.15, 0.2) is 24.3 Å². The van der Waals surface area contributed by atoms with E-state index in [9.17, 15) is 0 Å². The van der Waals surface area contributed by atoms with Crippen LogP contribution >= 0.6 is 0 Å². The molecule has 0 fully saturated rings. The summed E-state index contributed by atoms with van der Waals surface area (Å²) >= 11 is 0. The molecule has 0 spiro atoms. The van der Waals surface area contributed by atoms with Crippen LogP contribution in [0.1, 0.15) is 65.8 Å². The number of hydrogen-bond donors (Lipinski definition) is 2. The highest BCUT2D eigenvalue weighted by Crippen LogP contribution is 2.28. The number of allylic oxidation sites excluding steroid dienone is 1. The van der Waals surface area contributed by atoms with Gasteiger partial charge in [0.2, 0.25) is 0 Å². The molecule has 8 bridgehead atoms. The SMILES string of the molecule is CC#CC1=Cc2nc1cc1[nH]c(cc1C#CC)c(C)c1nc(c(C#CC)c3ccc([nH]3)c2C)C=C1. The van der Waals surface area contributed by atoms with Crippen molar-refractivity contribution < 1.29 is 0 Å². The highest BCUT2D eigenvalue weighted by Gasteiger charge is 2.14. The summed E-state index contributed by atoms with van der Waals surface area (Å²) in [6.07, 6.45) is 6.11. The minimum absolute atomic E-state index is 0.815. The van der Waals surface area contributed by atoms with Crippen LogP contribution in [0.4, 0.5) is 0 Å². The first-order chi connectivity index (χ1) is 17.0. The topological polar surface area (TPSA) is 57.4 Å². The Morgan fingerprint density at radius 2 is 1.34 bits per heavy atom. The molecule has 0 aliphatic carbocycles. The fourth-order valence-electron chi connectivity index (χ4n) is 4.27. The molecule has 0 amide bonds. The summed E-state index contributed by atoms with van der Waals surface area (Å²) in [5, 5.41) is 0. The molecular weight excluding hydrogens is 428 g/mol. The Morgan fingerprint density at radius 1 is 0.657 bits per heavy atom. The van der Waals surface area contributed by atoms with Crippen LogP contribution in [0.5, 0.6) is 0 Å². The molecule has 0 saturated heterocycles. The lowest BCUT2D eigenvalue weighted by Crippen LogP contribution is -1.86. The number of aromatic nitrogens is 4. The molecule has 0 saturated carbocycles. The van der Waals surface area contributed by atoms with Gasteiger partial charge in [0.1, 0.15) is 0 Å². The third kappa shape index (κ3) is 3.95. The van der Waals surface area contributed by atoms with Crippen molar-refractivity contribution in [3.8, 4) is 35.5 Å². The van der Waals surface area contributed by atoms with Crippen molar-refractivity contribution in [1.82, 2.24) is 19.9 Å². The van der Waals surface area contributed by atoms with E-state index in [1.165, 1.54) is 0 Å². The zero-order valence-corrected chi connectivity index (χ0v) is 20.4. The summed E-state index contributed by atoms with van der Waals surface area (Å²) in [5.41, 5.74) is 11.9. The minimum Gasteiger partial charge on any atom is -0.354 e. The molecule has 4 nitrogen and oxygen atoms in total. The predicted molar refractivity (Wildman–Crippen MR) is 146 cm³/mol. The summed E-state index contributed by atoms with van der Waals surface area (Å²) in [4.78, 5) is 17.0. The van der Waals surface area contributed by atoms with Crippen molar-refractivity contribution in [2.45, 2.75) is 34.6 Å². The van der Waals surface area contributed by atoms with Gasteiger partial charge in [0, 0.05) is 11.0 Å². The first kappa shape index (κ1) is 22.1. The van der Waals surface area contributed by atoms with Crippen LogP contribution in [-0.2, 0) is 0 Å². The van der Waals surface area contributed by atoms with E-state index < -0.39 is 0 Å². The quantitative estimate of drug-likeness (QED) is 0.303. The smallest absolute Gasteiger partial charge is 0.0815 e. The fourth-order valence-corrected chi connectivity index (χ4v) is 4.27. The number of nitrogens with zero attached hydrogens (tertiary/aromatic N) is 2. The summed E-state index contributed by atoms with van der Waals surface area (Å²) in [6, 6.07) is 8.22. The summed E-state index contributed by atoms with van der Waals surface area (Å²) in [6.45, 7) is 9.66. The van der Waals surface area contributed by atoms with Crippen molar-refractivity contribution >= 4 is 45.9 Å². The molecule has 0 atom stereocenters. The highest BCUT2D eigenvalue weighted by molar-refractivity contribution is 5.94. The van der Waals surface area contributed by atoms with Gasteiger partial charge in [-0.2, -0.15) is 0 Å². The molecule has 0 aromatic carbocycles. The summed E-state index contributed by atoms with van der Waals surface area (Å²) in [7, 11) is 0. The van der Waals surface area contributed by atoms with Gasteiger partial charge in [-0.15, -0.1) is 17.8 Å². The molecule has 3 aromatic rings. The van der Waals surface area contributed by atoms with Gasteiger partial charge < -0.3 is 9.97 Å².